The molecule has 0 spiro atoms. The molecule has 0 saturated heterocycles. The second-order valence-electron chi connectivity index (χ2n) is 36.9. The van der Waals surface area contributed by atoms with E-state index in [4.69, 9.17) is 4.74 Å². The van der Waals surface area contributed by atoms with E-state index in [1.807, 2.05) is 14.2 Å². The number of halogens is 42. The average molecular weight is 1960 g/mol. The first-order valence-electron chi connectivity index (χ1n) is 35.0. The topological polar surface area (TPSA) is 141 Å². The summed E-state index contributed by atoms with van der Waals surface area (Å²) < 4.78 is 606. The summed E-state index contributed by atoms with van der Waals surface area (Å²) in [6.45, 7) is 22.9. The van der Waals surface area contributed by atoms with Gasteiger partial charge in [0, 0.05) is 22.8 Å². The van der Waals surface area contributed by atoms with Crippen molar-refractivity contribution in [2.24, 2.45) is 21.7 Å². The van der Waals surface area contributed by atoms with Crippen molar-refractivity contribution in [3.63, 3.8) is 0 Å². The first-order valence-corrected chi connectivity index (χ1v) is 35.0. The van der Waals surface area contributed by atoms with Crippen LogP contribution in [0.15, 0.2) is 0 Å². The highest BCUT2D eigenvalue weighted by Crippen LogP contribution is 2.57. The quantitative estimate of drug-likeness (QED) is 0.0586. The van der Waals surface area contributed by atoms with E-state index in [0.717, 1.165) is 83.1 Å². The molecule has 0 aliphatic heterocycles. The lowest BCUT2D eigenvalue weighted by atomic mass is 9.74. The van der Waals surface area contributed by atoms with E-state index in [2.05, 4.69) is 47.9 Å². The van der Waals surface area contributed by atoms with Gasteiger partial charge in [0.15, 0.2) is 0 Å². The van der Waals surface area contributed by atoms with Gasteiger partial charge >= 0.3 is 122 Å². The Labute approximate surface area is 691 Å². The zero-order chi connectivity index (χ0) is 103. The summed E-state index contributed by atoms with van der Waals surface area (Å²) in [5.74, 6) is -11.5. The van der Waals surface area contributed by atoms with Gasteiger partial charge in [-0.15, -0.1) is 0 Å². The van der Waals surface area contributed by atoms with Crippen molar-refractivity contribution in [3.8, 4) is 0 Å². The fourth-order valence-corrected chi connectivity index (χ4v) is 6.70. The van der Waals surface area contributed by atoms with E-state index in [0.29, 0.717) is 41.5 Å². The van der Waals surface area contributed by atoms with Crippen LogP contribution in [0, 0.1) is 21.7 Å². The molecule has 0 fully saturated rings. The third-order valence-corrected chi connectivity index (χ3v) is 12.4. The maximum absolute atomic E-state index is 13.5. The summed E-state index contributed by atoms with van der Waals surface area (Å²) in [6.07, 6.45) is -106. The highest BCUT2D eigenvalue weighted by Gasteiger charge is 2.79. The Morgan fingerprint density at radius 1 is 0.176 bits per heavy atom. The molecule has 0 bridgehead atoms. The first kappa shape index (κ1) is 130. The van der Waals surface area contributed by atoms with Gasteiger partial charge in [-0.05, 0) is 130 Å². The first-order chi connectivity index (χ1) is 52.8. The van der Waals surface area contributed by atoms with Crippen molar-refractivity contribution in [1.82, 2.24) is 5.32 Å². The van der Waals surface area contributed by atoms with E-state index in [1.165, 1.54) is 62.3 Å². The molecule has 0 aromatic heterocycles. The molecule has 57 heteroatoms. The smallest absolute Gasteiger partial charge is 0.367 e. The summed E-state index contributed by atoms with van der Waals surface area (Å²) in [5, 5.41) is 2.40. The van der Waals surface area contributed by atoms with Gasteiger partial charge in [-0.1, -0.05) is 83.1 Å². The third kappa shape index (κ3) is 47.6. The standard InChI is InChI=1S/C15H18F14O4.C15H27F6NO2.C14H18F12O4.C14H24F6O4.C10H18F4/c1-7(2,3)9(16,17)31-12(22,23)13(24,25)33-15(28,29)14(26,27)32-11(20,21)10(18,19)30-8(4,5)6;1-11(2,3)7-13(16,17)9-23-15(20,21)10-24-14(18,19)8-22-12(4,5)6;1-7(2,3)27-9(15,16)11(19,20)29-13(23,24)14(25,26)30-12(21,22)10(17,18)28-8(4,5)6;1-10(2,3)21-7-12(15,16)22-8-13(17,18)23-9-14(19,20)24-11(4,5)6;1-7(2,3)9(11,12)10(13,14)8(4,5)6/h1-6H3;22H,7-10H2,1-6H3;1-6H3;7-9H2,1-6H3;1-6H3. The number of rotatable bonds is 38. The zero-order valence-electron chi connectivity index (χ0n) is 72.5. The summed E-state index contributed by atoms with van der Waals surface area (Å²) in [6, 6.07) is 0. The van der Waals surface area contributed by atoms with Gasteiger partial charge in [0.2, 0.25) is 0 Å². The van der Waals surface area contributed by atoms with E-state index in [1.54, 1.807) is 25.5 Å². The van der Waals surface area contributed by atoms with Crippen LogP contribution in [-0.4, -0.2) is 201 Å². The van der Waals surface area contributed by atoms with Crippen LogP contribution in [0.25, 0.3) is 0 Å². The summed E-state index contributed by atoms with van der Waals surface area (Å²) in [4.78, 5) is 0. The van der Waals surface area contributed by atoms with Crippen LogP contribution < -0.4 is 5.32 Å². The number of hydrogen-bond donors (Lipinski definition) is 1. The van der Waals surface area contributed by atoms with Crippen LogP contribution in [0.5, 0.6) is 0 Å². The minimum atomic E-state index is -7.23. The molecule has 0 aromatic carbocycles. The Kier molecular flexibility index (Phi) is 42.7. The lowest BCUT2D eigenvalue weighted by Gasteiger charge is -2.42. The Balaban J connectivity index is -0.000000490. The Morgan fingerprint density at radius 3 is 0.544 bits per heavy atom. The molecular formula is C68H105F42NO14. The minimum Gasteiger partial charge on any atom is -0.367 e. The molecule has 15 nitrogen and oxygen atoms in total. The van der Waals surface area contributed by atoms with Gasteiger partial charge in [-0.2, -0.15) is 176 Å². The average Bonchev–Trinajstić information content (AvgIpc) is 0.759. The Bertz CT molecular complexity index is 3050. The molecule has 760 valence electrons. The van der Waals surface area contributed by atoms with Crippen LogP contribution in [0.1, 0.15) is 214 Å². The van der Waals surface area contributed by atoms with Gasteiger partial charge < -0.3 is 47.9 Å². The maximum atomic E-state index is 13.5. The van der Waals surface area contributed by atoms with Crippen LogP contribution in [0.2, 0.25) is 0 Å². The molecule has 125 heavy (non-hydrogen) atoms. The summed E-state index contributed by atoms with van der Waals surface area (Å²) in [5.41, 5.74) is -16.4. The molecule has 0 rings (SSSR count). The molecule has 0 aliphatic carbocycles. The molecule has 0 aromatic rings. The van der Waals surface area contributed by atoms with E-state index in [9.17, 15) is 184 Å². The van der Waals surface area contributed by atoms with Crippen molar-refractivity contribution >= 4 is 0 Å². The molecule has 0 saturated carbocycles. The zero-order valence-corrected chi connectivity index (χ0v) is 72.5. The van der Waals surface area contributed by atoms with E-state index < -0.39 is 229 Å². The van der Waals surface area contributed by atoms with E-state index >= 15 is 0 Å². The van der Waals surface area contributed by atoms with Crippen LogP contribution in [0.3, 0.4) is 0 Å². The van der Waals surface area contributed by atoms with Gasteiger partial charge in [0.1, 0.15) is 33.0 Å². The third-order valence-electron chi connectivity index (χ3n) is 12.4. The predicted octanol–water partition coefficient (Wildman–Crippen LogP) is 26.7. The van der Waals surface area contributed by atoms with Gasteiger partial charge in [-0.3, -0.25) is 0 Å². The van der Waals surface area contributed by atoms with Crippen LogP contribution in [-0.2, 0) is 66.3 Å². The lowest BCUT2D eigenvalue weighted by molar-refractivity contribution is -0.575. The second-order valence-corrected chi connectivity index (χ2v) is 36.9. The predicted molar refractivity (Wildman–Crippen MR) is 352 cm³/mol. The van der Waals surface area contributed by atoms with Crippen molar-refractivity contribution in [2.75, 3.05) is 39.6 Å². The van der Waals surface area contributed by atoms with Crippen molar-refractivity contribution in [2.45, 2.75) is 375 Å². The molecular weight excluding hydrogens is 1850 g/mol. The second kappa shape index (κ2) is 41.1. The van der Waals surface area contributed by atoms with Gasteiger partial charge in [0.05, 0.1) is 40.0 Å². The maximum Gasteiger partial charge on any atom is 0.453 e. The van der Waals surface area contributed by atoms with Gasteiger partial charge in [0.25, 0.3) is 5.92 Å². The van der Waals surface area contributed by atoms with Crippen molar-refractivity contribution < 1.29 is 251 Å². The molecule has 0 atom stereocenters. The number of nitrogens with one attached hydrogen (secondary N) is 1. The van der Waals surface area contributed by atoms with Gasteiger partial charge in [-0.25, -0.2) is 32.5 Å². The monoisotopic (exact) mass is 1960 g/mol. The number of hydrogen-bond acceptors (Lipinski definition) is 15. The van der Waals surface area contributed by atoms with Crippen molar-refractivity contribution in [3.05, 3.63) is 0 Å². The largest absolute Gasteiger partial charge is 0.453 e. The SMILES string of the molecule is CC(C)(C)C(F)(F)C(F)(F)C(C)(C)C.CC(C)(C)CC(F)(F)COC(F)(F)COC(F)(F)CNC(C)(C)C.CC(C)(C)OC(F)(F)C(F)(F)OC(F)(F)C(F)(F)OC(F)(F)C(F)(F)OC(C)(C)C.CC(C)(C)OC(F)(F)C(F)(F)OC(F)(F)C(F)(F)OC(F)(F)C(F)(F)OC(F)(F)C(C)(C)C.CC(C)(C)OCC(F)(F)OCC(F)(F)OCC(F)(F)OC(C)(C)C. The normalized spacial score (nSPS) is 15.7. The fourth-order valence-electron chi connectivity index (χ4n) is 6.70. The Hall–Kier alpha value is -3.54. The molecule has 0 amide bonds. The molecule has 0 heterocycles. The number of ether oxygens (including phenoxy) is 14. The molecule has 0 radical (unpaired) electrons. The molecule has 1 N–H and O–H groups in total. The van der Waals surface area contributed by atoms with Crippen molar-refractivity contribution in [1.29, 1.82) is 0 Å². The highest BCUT2D eigenvalue weighted by atomic mass is 19.4. The minimum absolute atomic E-state index is 0.459. The highest BCUT2D eigenvalue weighted by molar-refractivity contribution is 5.00. The molecule has 0 aliphatic rings. The lowest BCUT2D eigenvalue weighted by Crippen LogP contribution is -2.60. The fraction of sp³-hybridized carbons (Fsp3) is 1.00. The Morgan fingerprint density at radius 2 is 0.360 bits per heavy atom. The number of alkyl halides is 42. The summed E-state index contributed by atoms with van der Waals surface area (Å²) in [7, 11) is 0. The summed E-state index contributed by atoms with van der Waals surface area (Å²) >= 11 is 0. The van der Waals surface area contributed by atoms with Crippen LogP contribution in [0.4, 0.5) is 184 Å². The van der Waals surface area contributed by atoms with Crippen LogP contribution >= 0.6 is 0 Å². The van der Waals surface area contributed by atoms with E-state index in [-0.39, 0.29) is 0 Å². The molecule has 0 unspecified atom stereocenters.